The minimum absolute atomic E-state index is 0.0150. The Hall–Kier alpha value is -3.42. The summed E-state index contributed by atoms with van der Waals surface area (Å²) in [5.41, 5.74) is 1.56. The molecule has 2 unspecified atom stereocenters. The van der Waals surface area contributed by atoms with Gasteiger partial charge in [-0.15, -0.1) is 0 Å². The lowest BCUT2D eigenvalue weighted by Gasteiger charge is -2.18. The van der Waals surface area contributed by atoms with Crippen molar-refractivity contribution in [3.63, 3.8) is 0 Å². The van der Waals surface area contributed by atoms with E-state index < -0.39 is 11.1 Å². The van der Waals surface area contributed by atoms with Crippen LogP contribution in [-0.4, -0.2) is 42.8 Å². The molecule has 2 aliphatic rings. The quantitative estimate of drug-likeness (QED) is 0.608. The maximum atomic E-state index is 12.9. The predicted molar refractivity (Wildman–Crippen MR) is 111 cm³/mol. The summed E-state index contributed by atoms with van der Waals surface area (Å²) in [6, 6.07) is 11.5. The third-order valence-electron chi connectivity index (χ3n) is 6.26. The summed E-state index contributed by atoms with van der Waals surface area (Å²) in [4.78, 5) is 40.0. The minimum Gasteiger partial charge on any atom is -0.347 e. The van der Waals surface area contributed by atoms with E-state index in [2.05, 4.69) is 5.10 Å². The van der Waals surface area contributed by atoms with E-state index in [-0.39, 0.29) is 24.3 Å². The molecule has 30 heavy (non-hydrogen) atoms. The Labute approximate surface area is 173 Å². The normalized spacial score (nSPS) is 19.7. The van der Waals surface area contributed by atoms with Crippen LogP contribution < -0.4 is 11.1 Å². The molecule has 0 aliphatic carbocycles. The number of nitrogens with zero attached hydrogens (tertiary/aromatic N) is 5. The molecule has 0 saturated carbocycles. The Morgan fingerprint density at radius 2 is 1.83 bits per heavy atom. The molecule has 0 spiro atoms. The molecule has 8 heteroatoms. The zero-order valence-electron chi connectivity index (χ0n) is 17.0. The Balaban J connectivity index is 1.45. The molecular weight excluding hydrogens is 382 g/mol. The first-order valence-electron chi connectivity index (χ1n) is 10.1. The van der Waals surface area contributed by atoms with Crippen LogP contribution in [0.1, 0.15) is 33.4 Å². The van der Waals surface area contributed by atoms with E-state index >= 15 is 0 Å². The number of carbonyl (C=O) groups excluding carboxylic acids is 1. The number of carbonyl (C=O) groups is 1. The van der Waals surface area contributed by atoms with Gasteiger partial charge in [-0.3, -0.25) is 19.0 Å². The molecule has 5 rings (SSSR count). The Morgan fingerprint density at radius 1 is 1.07 bits per heavy atom. The van der Waals surface area contributed by atoms with Crippen LogP contribution in [0.3, 0.4) is 0 Å². The lowest BCUT2D eigenvalue weighted by molar-refractivity contribution is 0.0773. The molecule has 0 N–H and O–H groups in total. The number of benzene rings is 1. The summed E-state index contributed by atoms with van der Waals surface area (Å²) in [5.74, 6) is 0.661. The van der Waals surface area contributed by atoms with E-state index in [0.29, 0.717) is 31.2 Å². The number of hydrogen-bond donors (Lipinski definition) is 0. The van der Waals surface area contributed by atoms with Gasteiger partial charge in [0.2, 0.25) is 0 Å². The third-order valence-corrected chi connectivity index (χ3v) is 6.26. The molecule has 0 bridgehead atoms. The summed E-state index contributed by atoms with van der Waals surface area (Å²) >= 11 is 0. The first-order valence-corrected chi connectivity index (χ1v) is 10.1. The number of likely N-dealkylation sites (tertiary alicyclic amines) is 1. The number of aromatic nitrogens is 4. The molecule has 1 amide bonds. The highest BCUT2D eigenvalue weighted by molar-refractivity contribution is 5.93. The lowest BCUT2D eigenvalue weighted by Crippen LogP contribution is -2.44. The number of amides is 1. The predicted octanol–water partition coefficient (Wildman–Crippen LogP) is 0.970. The number of fused-ring (bicyclic) bond motifs is 3. The topological polar surface area (TPSA) is 82.1 Å². The van der Waals surface area contributed by atoms with Crippen LogP contribution in [0.25, 0.3) is 0 Å². The van der Waals surface area contributed by atoms with Crippen LogP contribution in [-0.2, 0) is 20.1 Å². The Bertz CT molecular complexity index is 1250. The van der Waals surface area contributed by atoms with E-state index in [1.807, 2.05) is 66.0 Å². The van der Waals surface area contributed by atoms with Crippen molar-refractivity contribution in [2.24, 2.45) is 13.0 Å². The fourth-order valence-corrected chi connectivity index (χ4v) is 4.57. The summed E-state index contributed by atoms with van der Waals surface area (Å²) in [6.45, 7) is 3.75. The van der Waals surface area contributed by atoms with E-state index in [1.54, 1.807) is 0 Å². The van der Waals surface area contributed by atoms with Gasteiger partial charge in [0, 0.05) is 44.7 Å². The van der Waals surface area contributed by atoms with E-state index in [0.717, 1.165) is 11.1 Å². The van der Waals surface area contributed by atoms with Crippen molar-refractivity contribution in [1.29, 1.82) is 0 Å². The van der Waals surface area contributed by atoms with Gasteiger partial charge in [-0.2, -0.15) is 5.10 Å². The Kier molecular flexibility index (Phi) is 4.23. The number of hydrogen-bond acceptors (Lipinski definition) is 4. The van der Waals surface area contributed by atoms with Gasteiger partial charge in [0.05, 0.1) is 6.54 Å². The van der Waals surface area contributed by atoms with Crippen molar-refractivity contribution >= 4 is 5.91 Å². The fourth-order valence-electron chi connectivity index (χ4n) is 4.57. The highest BCUT2D eigenvalue weighted by Crippen LogP contribution is 2.37. The average Bonchev–Trinajstić information content (AvgIpc) is 3.42. The van der Waals surface area contributed by atoms with Gasteiger partial charge in [0.25, 0.3) is 5.91 Å². The van der Waals surface area contributed by atoms with E-state index in [4.69, 9.17) is 0 Å². The minimum atomic E-state index is -0.601. The zero-order chi connectivity index (χ0) is 21.0. The van der Waals surface area contributed by atoms with Gasteiger partial charge in [-0.05, 0) is 24.6 Å². The standard InChI is InChI=1S/C22H23N5O3/c1-14-5-7-15(8-6-14)10-27-22(30)21(29)26-12-16-11-25(13-17(16)19(26)23-27)20(28)18-4-3-9-24(18)2/h3-9,16-17H,10-13H2,1-2H3. The second-order valence-electron chi connectivity index (χ2n) is 8.30. The SMILES string of the molecule is Cc1ccc(Cn2nc3n(c(=O)c2=O)CC2CN(C(=O)c4cccn4C)CC32)cc1. The van der Waals surface area contributed by atoms with Crippen molar-refractivity contribution in [1.82, 2.24) is 23.8 Å². The van der Waals surface area contributed by atoms with Gasteiger partial charge in [0.15, 0.2) is 0 Å². The highest BCUT2D eigenvalue weighted by atomic mass is 16.2. The van der Waals surface area contributed by atoms with E-state index in [9.17, 15) is 14.4 Å². The maximum absolute atomic E-state index is 12.9. The summed E-state index contributed by atoms with van der Waals surface area (Å²) in [5, 5.41) is 4.57. The summed E-state index contributed by atoms with van der Waals surface area (Å²) < 4.78 is 4.59. The van der Waals surface area contributed by atoms with Crippen LogP contribution in [0, 0.1) is 12.8 Å². The van der Waals surface area contributed by atoms with Crippen LogP contribution in [0.5, 0.6) is 0 Å². The van der Waals surface area contributed by atoms with Crippen LogP contribution in [0.4, 0.5) is 0 Å². The van der Waals surface area contributed by atoms with Crippen molar-refractivity contribution in [2.75, 3.05) is 13.1 Å². The van der Waals surface area contributed by atoms with Gasteiger partial charge < -0.3 is 9.47 Å². The molecule has 2 aromatic heterocycles. The molecule has 2 atom stereocenters. The molecule has 3 aromatic rings. The molecular formula is C22H23N5O3. The zero-order valence-corrected chi connectivity index (χ0v) is 17.0. The van der Waals surface area contributed by atoms with Crippen LogP contribution in [0.15, 0.2) is 52.2 Å². The average molecular weight is 405 g/mol. The van der Waals surface area contributed by atoms with Crippen molar-refractivity contribution in [3.8, 4) is 0 Å². The summed E-state index contributed by atoms with van der Waals surface area (Å²) in [6.07, 6.45) is 1.85. The van der Waals surface area contributed by atoms with E-state index in [1.165, 1.54) is 9.25 Å². The molecule has 4 heterocycles. The second kappa shape index (κ2) is 6.83. The van der Waals surface area contributed by atoms with Crippen LogP contribution in [0.2, 0.25) is 0 Å². The first-order chi connectivity index (χ1) is 14.4. The molecule has 1 fully saturated rings. The number of aryl methyl sites for hydroxylation is 2. The molecule has 154 valence electrons. The first kappa shape index (κ1) is 18.6. The smallest absolute Gasteiger partial charge is 0.332 e. The molecule has 1 saturated heterocycles. The van der Waals surface area contributed by atoms with Crippen molar-refractivity contribution in [2.45, 2.75) is 25.9 Å². The lowest BCUT2D eigenvalue weighted by atomic mass is 10.00. The monoisotopic (exact) mass is 405 g/mol. The third kappa shape index (κ3) is 2.91. The molecule has 1 aromatic carbocycles. The van der Waals surface area contributed by atoms with Gasteiger partial charge >= 0.3 is 11.1 Å². The van der Waals surface area contributed by atoms with Gasteiger partial charge in [-0.1, -0.05) is 29.8 Å². The van der Waals surface area contributed by atoms with Crippen molar-refractivity contribution in [3.05, 3.63) is 85.9 Å². The number of rotatable bonds is 3. The Morgan fingerprint density at radius 3 is 2.53 bits per heavy atom. The summed E-state index contributed by atoms with van der Waals surface area (Å²) in [7, 11) is 1.85. The molecule has 8 nitrogen and oxygen atoms in total. The van der Waals surface area contributed by atoms with Gasteiger partial charge in [-0.25, -0.2) is 4.68 Å². The highest BCUT2D eigenvalue weighted by Gasteiger charge is 2.44. The van der Waals surface area contributed by atoms with Gasteiger partial charge in [0.1, 0.15) is 11.5 Å². The second-order valence-corrected chi connectivity index (χ2v) is 8.30. The molecule has 0 radical (unpaired) electrons. The maximum Gasteiger partial charge on any atom is 0.332 e. The molecule has 2 aliphatic heterocycles. The van der Waals surface area contributed by atoms with Crippen molar-refractivity contribution < 1.29 is 4.79 Å². The fraction of sp³-hybridized carbons (Fsp3) is 0.364. The largest absolute Gasteiger partial charge is 0.347 e. The van der Waals surface area contributed by atoms with Crippen LogP contribution >= 0.6 is 0 Å².